The molecule has 3 heterocycles. The molecule has 2 N–H and O–H groups in total. The van der Waals surface area contributed by atoms with Gasteiger partial charge in [0.1, 0.15) is 11.4 Å². The Bertz CT molecular complexity index is 682. The molecule has 1 saturated heterocycles. The van der Waals surface area contributed by atoms with E-state index in [2.05, 4.69) is 20.4 Å². The van der Waals surface area contributed by atoms with Crippen LogP contribution in [0.4, 0.5) is 0 Å². The maximum atomic E-state index is 13.4. The number of rotatable bonds is 3. The number of fused-ring (bicyclic) bond motifs is 1. The van der Waals surface area contributed by atoms with Crippen LogP contribution in [-0.4, -0.2) is 50.2 Å². The Hall–Kier alpha value is -1.63. The lowest BCUT2D eigenvalue weighted by molar-refractivity contribution is -0.138. The summed E-state index contributed by atoms with van der Waals surface area (Å²) in [6.45, 7) is 2.75. The third kappa shape index (κ3) is 3.33. The van der Waals surface area contributed by atoms with Crippen molar-refractivity contribution < 1.29 is 4.79 Å². The Morgan fingerprint density at radius 1 is 1.04 bits per heavy atom. The Morgan fingerprint density at radius 2 is 1.77 bits per heavy atom. The number of H-pyrrole nitrogens is 1. The van der Waals surface area contributed by atoms with Gasteiger partial charge < -0.3 is 5.32 Å². The highest BCUT2D eigenvalue weighted by molar-refractivity contribution is 5.86. The molecule has 2 fully saturated rings. The fraction of sp³-hybridized carbons (Fsp3) is 0.842. The van der Waals surface area contributed by atoms with E-state index in [4.69, 9.17) is 0 Å². The lowest BCUT2D eigenvalue weighted by Crippen LogP contribution is -2.62. The van der Waals surface area contributed by atoms with Crippen LogP contribution >= 0.6 is 0 Å². The van der Waals surface area contributed by atoms with Crippen LogP contribution in [0.1, 0.15) is 70.0 Å². The summed E-state index contributed by atoms with van der Waals surface area (Å²) in [5, 5.41) is 10.0. The number of carbonyl (C=O) groups excluding carboxylic acids is 1. The molecule has 0 spiro atoms. The van der Waals surface area contributed by atoms with E-state index < -0.39 is 0 Å². The van der Waals surface area contributed by atoms with Crippen molar-refractivity contribution in [1.29, 1.82) is 0 Å². The minimum Gasteiger partial charge on any atom is -0.352 e. The summed E-state index contributed by atoms with van der Waals surface area (Å²) in [5.41, 5.74) is -0.431. The fourth-order valence-electron chi connectivity index (χ4n) is 5.11. The first-order valence-electron chi connectivity index (χ1n) is 10.4. The van der Waals surface area contributed by atoms with Crippen LogP contribution < -0.4 is 11.0 Å². The molecular formula is C19H31N5O2. The van der Waals surface area contributed by atoms with Crippen LogP contribution in [-0.2, 0) is 17.8 Å². The van der Waals surface area contributed by atoms with Gasteiger partial charge >= 0.3 is 5.69 Å². The van der Waals surface area contributed by atoms with Gasteiger partial charge in [-0.1, -0.05) is 25.7 Å². The number of amides is 1. The van der Waals surface area contributed by atoms with Crippen LogP contribution in [0.15, 0.2) is 4.79 Å². The average molecular weight is 361 g/mol. The van der Waals surface area contributed by atoms with Gasteiger partial charge in [-0.05, 0) is 51.6 Å². The Kier molecular flexibility index (Phi) is 5.16. The topological polar surface area (TPSA) is 83.0 Å². The van der Waals surface area contributed by atoms with E-state index in [1.165, 1.54) is 25.7 Å². The monoisotopic (exact) mass is 361 g/mol. The molecular weight excluding hydrogens is 330 g/mol. The molecule has 1 amide bonds. The number of aryl methyl sites for hydroxylation is 1. The second-order valence-corrected chi connectivity index (χ2v) is 8.23. The third-order valence-corrected chi connectivity index (χ3v) is 6.65. The second kappa shape index (κ2) is 7.55. The summed E-state index contributed by atoms with van der Waals surface area (Å²) < 4.78 is 1.72. The number of nitrogens with one attached hydrogen (secondary N) is 2. The maximum Gasteiger partial charge on any atom is 0.343 e. The molecule has 1 aromatic rings. The van der Waals surface area contributed by atoms with E-state index in [1.807, 2.05) is 0 Å². The fourth-order valence-corrected chi connectivity index (χ4v) is 5.11. The normalized spacial score (nSPS) is 26.7. The minimum absolute atomic E-state index is 0.132. The van der Waals surface area contributed by atoms with E-state index in [9.17, 15) is 9.59 Å². The van der Waals surface area contributed by atoms with E-state index in [1.54, 1.807) is 4.57 Å². The van der Waals surface area contributed by atoms with Crippen molar-refractivity contribution in [3.63, 3.8) is 0 Å². The summed E-state index contributed by atoms with van der Waals surface area (Å²) in [4.78, 5) is 27.7. The van der Waals surface area contributed by atoms with Crippen molar-refractivity contribution in [3.8, 4) is 0 Å². The van der Waals surface area contributed by atoms with Gasteiger partial charge in [0.05, 0.1) is 0 Å². The number of nitrogens with zero attached hydrogens (tertiary/aromatic N) is 3. The van der Waals surface area contributed by atoms with E-state index in [0.717, 1.165) is 63.9 Å². The number of piperidine rings is 1. The number of aromatic amines is 1. The molecule has 0 aromatic carbocycles. The van der Waals surface area contributed by atoms with Gasteiger partial charge in [-0.25, -0.2) is 9.89 Å². The van der Waals surface area contributed by atoms with Gasteiger partial charge in [0.15, 0.2) is 0 Å². The first-order valence-corrected chi connectivity index (χ1v) is 10.4. The molecule has 2 aliphatic heterocycles. The van der Waals surface area contributed by atoms with Crippen LogP contribution in [0.5, 0.6) is 0 Å². The van der Waals surface area contributed by atoms with Gasteiger partial charge in [-0.2, -0.15) is 5.10 Å². The number of hydrogen-bond acceptors (Lipinski definition) is 4. The smallest absolute Gasteiger partial charge is 0.343 e. The van der Waals surface area contributed by atoms with Crippen LogP contribution in [0.2, 0.25) is 0 Å². The molecule has 1 saturated carbocycles. The van der Waals surface area contributed by atoms with Crippen LogP contribution in [0.25, 0.3) is 0 Å². The lowest BCUT2D eigenvalue weighted by atomic mass is 9.78. The molecule has 4 rings (SSSR count). The van der Waals surface area contributed by atoms with Crippen molar-refractivity contribution in [3.05, 3.63) is 16.3 Å². The first kappa shape index (κ1) is 17.8. The first-order chi connectivity index (χ1) is 12.7. The highest BCUT2D eigenvalue weighted by Crippen LogP contribution is 2.36. The van der Waals surface area contributed by atoms with Gasteiger partial charge in [-0.15, -0.1) is 0 Å². The van der Waals surface area contributed by atoms with Crippen molar-refractivity contribution in [1.82, 2.24) is 25.0 Å². The molecule has 1 unspecified atom stereocenters. The number of hydrogen-bond donors (Lipinski definition) is 2. The summed E-state index contributed by atoms with van der Waals surface area (Å²) in [6, 6.07) is 0.132. The van der Waals surface area contributed by atoms with Gasteiger partial charge in [0.2, 0.25) is 5.91 Å². The molecule has 144 valence electrons. The van der Waals surface area contributed by atoms with Crippen molar-refractivity contribution >= 4 is 5.91 Å². The standard InChI is InChI=1S/C19H31N5O2/c25-17(19(10-3-1-4-11-19)23-12-5-2-6-13-23)20-15-7-8-16-21-22-18(26)24(16)14-9-15/h15H,1-14H2,(H,20,25)(H,22,26). The zero-order valence-electron chi connectivity index (χ0n) is 15.6. The lowest BCUT2D eigenvalue weighted by Gasteiger charge is -2.47. The highest BCUT2D eigenvalue weighted by Gasteiger charge is 2.45. The van der Waals surface area contributed by atoms with Crippen LogP contribution in [0, 0.1) is 0 Å². The van der Waals surface area contributed by atoms with Crippen LogP contribution in [0.3, 0.4) is 0 Å². The van der Waals surface area contributed by atoms with Crippen molar-refractivity contribution in [2.75, 3.05) is 13.1 Å². The van der Waals surface area contributed by atoms with Gasteiger partial charge in [0, 0.05) is 19.0 Å². The quantitative estimate of drug-likeness (QED) is 0.856. The zero-order chi connectivity index (χ0) is 18.0. The van der Waals surface area contributed by atoms with E-state index >= 15 is 0 Å². The zero-order valence-corrected chi connectivity index (χ0v) is 15.6. The van der Waals surface area contributed by atoms with E-state index in [-0.39, 0.29) is 23.2 Å². The van der Waals surface area contributed by atoms with E-state index in [0.29, 0.717) is 6.54 Å². The minimum atomic E-state index is -0.296. The number of carbonyl (C=O) groups is 1. The average Bonchev–Trinajstić information content (AvgIpc) is 2.91. The molecule has 26 heavy (non-hydrogen) atoms. The summed E-state index contributed by atoms with van der Waals surface area (Å²) in [6.07, 6.45) is 11.6. The summed E-state index contributed by atoms with van der Waals surface area (Å²) in [5.74, 6) is 1.05. The number of aromatic nitrogens is 3. The Balaban J connectivity index is 1.45. The van der Waals surface area contributed by atoms with Crippen molar-refractivity contribution in [2.24, 2.45) is 0 Å². The van der Waals surface area contributed by atoms with Gasteiger partial charge in [-0.3, -0.25) is 14.3 Å². The molecule has 3 aliphatic rings. The molecule has 1 atom stereocenters. The molecule has 7 heteroatoms. The SMILES string of the molecule is O=C(NC1CCc2n[nH]c(=O)n2CC1)C1(N2CCCCC2)CCCCC1. The van der Waals surface area contributed by atoms with Crippen molar-refractivity contribution in [2.45, 2.75) is 88.8 Å². The molecule has 0 radical (unpaired) electrons. The number of likely N-dealkylation sites (tertiary alicyclic amines) is 1. The molecule has 1 aliphatic carbocycles. The highest BCUT2D eigenvalue weighted by atomic mass is 16.2. The predicted octanol–water partition coefficient (Wildman–Crippen LogP) is 1.58. The second-order valence-electron chi connectivity index (χ2n) is 8.23. The Labute approximate surface area is 154 Å². The summed E-state index contributed by atoms with van der Waals surface area (Å²) in [7, 11) is 0. The van der Waals surface area contributed by atoms with Gasteiger partial charge in [0.25, 0.3) is 0 Å². The maximum absolute atomic E-state index is 13.4. The molecule has 7 nitrogen and oxygen atoms in total. The molecule has 1 aromatic heterocycles. The summed E-state index contributed by atoms with van der Waals surface area (Å²) >= 11 is 0. The molecule has 0 bridgehead atoms. The predicted molar refractivity (Wildman–Crippen MR) is 99.0 cm³/mol. The third-order valence-electron chi connectivity index (χ3n) is 6.65. The Morgan fingerprint density at radius 3 is 2.54 bits per heavy atom. The largest absolute Gasteiger partial charge is 0.352 e.